The summed E-state index contributed by atoms with van der Waals surface area (Å²) >= 11 is 5.80. The van der Waals surface area contributed by atoms with E-state index in [0.29, 0.717) is 36.1 Å². The lowest BCUT2D eigenvalue weighted by Gasteiger charge is -2.32. The minimum absolute atomic E-state index is 0.00569. The van der Waals surface area contributed by atoms with Gasteiger partial charge in [-0.25, -0.2) is 0 Å². The number of carbonyl (C=O) groups excluding carboxylic acids is 2. The van der Waals surface area contributed by atoms with Gasteiger partial charge in [0, 0.05) is 36.6 Å². The topological polar surface area (TPSA) is 69.6 Å². The van der Waals surface area contributed by atoms with Gasteiger partial charge in [0.2, 0.25) is 5.91 Å². The van der Waals surface area contributed by atoms with Crippen LogP contribution in [-0.2, 0) is 4.79 Å². The number of aliphatic hydroxyl groups excluding tert-OH is 1. The number of nitrogens with zero attached hydrogens (tertiary/aromatic N) is 1. The van der Waals surface area contributed by atoms with Gasteiger partial charge in [0.05, 0.1) is 6.61 Å². The van der Waals surface area contributed by atoms with Crippen molar-refractivity contribution in [1.82, 2.24) is 10.2 Å². The number of hydrogen-bond donors (Lipinski definition) is 2. The zero-order chi connectivity index (χ0) is 15.9. The van der Waals surface area contributed by atoms with Crippen LogP contribution in [-0.4, -0.2) is 48.1 Å². The standard InChI is InChI=1S/C16H21ClN2O3/c17-14-3-1-13(2-4-14)16(22)18-11-12-5-8-19(9-6-12)15(21)7-10-20/h1-4,12,20H,5-11H2,(H,18,22). The summed E-state index contributed by atoms with van der Waals surface area (Å²) < 4.78 is 0. The maximum Gasteiger partial charge on any atom is 0.251 e. The lowest BCUT2D eigenvalue weighted by molar-refractivity contribution is -0.133. The molecule has 1 aromatic carbocycles. The Morgan fingerprint density at radius 2 is 1.86 bits per heavy atom. The molecule has 0 radical (unpaired) electrons. The molecule has 120 valence electrons. The average Bonchev–Trinajstić information content (AvgIpc) is 2.54. The molecule has 1 aliphatic rings. The Morgan fingerprint density at radius 1 is 1.23 bits per heavy atom. The van der Waals surface area contributed by atoms with E-state index in [1.807, 2.05) is 0 Å². The molecule has 0 spiro atoms. The summed E-state index contributed by atoms with van der Waals surface area (Å²) in [5, 5.41) is 12.3. The molecule has 1 fully saturated rings. The summed E-state index contributed by atoms with van der Waals surface area (Å²) in [7, 11) is 0. The van der Waals surface area contributed by atoms with Crippen LogP contribution in [0.25, 0.3) is 0 Å². The van der Waals surface area contributed by atoms with Crippen molar-refractivity contribution in [3.05, 3.63) is 34.9 Å². The summed E-state index contributed by atoms with van der Waals surface area (Å²) in [5.41, 5.74) is 0.597. The fourth-order valence-corrected chi connectivity index (χ4v) is 2.71. The fourth-order valence-electron chi connectivity index (χ4n) is 2.58. The van der Waals surface area contributed by atoms with E-state index in [0.717, 1.165) is 12.8 Å². The Bertz CT molecular complexity index is 511. The maximum absolute atomic E-state index is 12.0. The number of amides is 2. The van der Waals surface area contributed by atoms with Crippen LogP contribution >= 0.6 is 11.6 Å². The van der Waals surface area contributed by atoms with Gasteiger partial charge in [0.1, 0.15) is 0 Å². The van der Waals surface area contributed by atoms with Crippen molar-refractivity contribution in [2.45, 2.75) is 19.3 Å². The van der Waals surface area contributed by atoms with E-state index < -0.39 is 0 Å². The van der Waals surface area contributed by atoms with Gasteiger partial charge < -0.3 is 15.3 Å². The van der Waals surface area contributed by atoms with Crippen molar-refractivity contribution in [2.75, 3.05) is 26.2 Å². The highest BCUT2D eigenvalue weighted by molar-refractivity contribution is 6.30. The molecule has 0 aromatic heterocycles. The molecule has 0 unspecified atom stereocenters. The normalized spacial score (nSPS) is 15.6. The number of piperidine rings is 1. The van der Waals surface area contributed by atoms with Gasteiger partial charge in [-0.15, -0.1) is 0 Å². The van der Waals surface area contributed by atoms with Gasteiger partial charge in [0.25, 0.3) is 5.91 Å². The molecule has 0 atom stereocenters. The molecule has 0 bridgehead atoms. The van der Waals surface area contributed by atoms with Crippen molar-refractivity contribution in [3.63, 3.8) is 0 Å². The van der Waals surface area contributed by atoms with Crippen molar-refractivity contribution < 1.29 is 14.7 Å². The van der Waals surface area contributed by atoms with E-state index in [2.05, 4.69) is 5.32 Å². The first-order chi connectivity index (χ1) is 10.6. The summed E-state index contributed by atoms with van der Waals surface area (Å²) in [6.07, 6.45) is 1.94. The lowest BCUT2D eigenvalue weighted by atomic mass is 9.96. The molecule has 2 rings (SSSR count). The van der Waals surface area contributed by atoms with Crippen LogP contribution in [0.15, 0.2) is 24.3 Å². The molecule has 5 nitrogen and oxygen atoms in total. The highest BCUT2D eigenvalue weighted by Crippen LogP contribution is 2.17. The predicted molar refractivity (Wildman–Crippen MR) is 84.8 cm³/mol. The number of benzene rings is 1. The molecule has 2 amide bonds. The Hall–Kier alpha value is -1.59. The van der Waals surface area contributed by atoms with E-state index in [9.17, 15) is 9.59 Å². The Morgan fingerprint density at radius 3 is 2.45 bits per heavy atom. The molecule has 22 heavy (non-hydrogen) atoms. The van der Waals surface area contributed by atoms with Crippen molar-refractivity contribution in [2.24, 2.45) is 5.92 Å². The van der Waals surface area contributed by atoms with E-state index in [1.54, 1.807) is 29.2 Å². The first-order valence-corrected chi connectivity index (χ1v) is 7.90. The molecule has 0 saturated carbocycles. The van der Waals surface area contributed by atoms with Crippen LogP contribution in [0.3, 0.4) is 0 Å². The highest BCUT2D eigenvalue weighted by atomic mass is 35.5. The SMILES string of the molecule is O=C(NCC1CCN(C(=O)CCO)CC1)c1ccc(Cl)cc1. The van der Waals surface area contributed by atoms with Crippen molar-refractivity contribution in [1.29, 1.82) is 0 Å². The third kappa shape index (κ3) is 4.71. The Kier molecular flexibility index (Phi) is 6.21. The molecule has 1 aromatic rings. The van der Waals surface area contributed by atoms with E-state index >= 15 is 0 Å². The average molecular weight is 325 g/mol. The zero-order valence-electron chi connectivity index (χ0n) is 12.4. The second-order valence-electron chi connectivity index (χ2n) is 5.51. The molecule has 1 heterocycles. The van der Waals surface area contributed by atoms with Crippen LogP contribution in [0.1, 0.15) is 29.6 Å². The van der Waals surface area contributed by atoms with Crippen molar-refractivity contribution >= 4 is 23.4 Å². The third-order valence-electron chi connectivity index (χ3n) is 3.95. The smallest absolute Gasteiger partial charge is 0.251 e. The lowest BCUT2D eigenvalue weighted by Crippen LogP contribution is -2.41. The maximum atomic E-state index is 12.0. The minimum Gasteiger partial charge on any atom is -0.396 e. The number of carbonyl (C=O) groups is 2. The fraction of sp³-hybridized carbons (Fsp3) is 0.500. The number of aliphatic hydroxyl groups is 1. The van der Waals surface area contributed by atoms with Gasteiger partial charge in [0.15, 0.2) is 0 Å². The summed E-state index contributed by atoms with van der Waals surface area (Å²) in [4.78, 5) is 25.5. The first-order valence-electron chi connectivity index (χ1n) is 7.52. The minimum atomic E-state index is -0.101. The van der Waals surface area contributed by atoms with Crippen molar-refractivity contribution in [3.8, 4) is 0 Å². The largest absolute Gasteiger partial charge is 0.396 e. The number of halogens is 1. The highest BCUT2D eigenvalue weighted by Gasteiger charge is 2.22. The van der Waals surface area contributed by atoms with Gasteiger partial charge in [-0.1, -0.05) is 11.6 Å². The molecular formula is C16H21ClN2O3. The zero-order valence-corrected chi connectivity index (χ0v) is 13.2. The summed E-state index contributed by atoms with van der Waals surface area (Å²) in [6.45, 7) is 1.90. The second kappa shape index (κ2) is 8.15. The van der Waals surface area contributed by atoms with Gasteiger partial charge in [-0.2, -0.15) is 0 Å². The van der Waals surface area contributed by atoms with E-state index in [1.165, 1.54) is 0 Å². The second-order valence-corrected chi connectivity index (χ2v) is 5.95. The molecule has 2 N–H and O–H groups in total. The molecule has 1 aliphatic heterocycles. The molecule has 6 heteroatoms. The molecule has 0 aliphatic carbocycles. The molecular weight excluding hydrogens is 304 g/mol. The van der Waals surface area contributed by atoms with Crippen LogP contribution in [0.2, 0.25) is 5.02 Å². The Balaban J connectivity index is 1.73. The number of rotatable bonds is 5. The quantitative estimate of drug-likeness (QED) is 0.866. The number of hydrogen-bond acceptors (Lipinski definition) is 3. The summed E-state index contributed by atoms with van der Waals surface area (Å²) in [6, 6.07) is 6.80. The van der Waals surface area contributed by atoms with Gasteiger partial charge in [-0.3, -0.25) is 9.59 Å². The third-order valence-corrected chi connectivity index (χ3v) is 4.20. The summed E-state index contributed by atoms with van der Waals surface area (Å²) in [5.74, 6) is 0.288. The van der Waals surface area contributed by atoms with Crippen LogP contribution in [0, 0.1) is 5.92 Å². The number of nitrogens with one attached hydrogen (secondary N) is 1. The van der Waals surface area contributed by atoms with E-state index in [4.69, 9.17) is 16.7 Å². The predicted octanol–water partition coefficient (Wildman–Crippen LogP) is 1.69. The van der Waals surface area contributed by atoms with Gasteiger partial charge in [-0.05, 0) is 43.0 Å². The Labute approximate surface area is 135 Å². The first kappa shape index (κ1) is 16.8. The molecule has 1 saturated heterocycles. The van der Waals surface area contributed by atoms with Gasteiger partial charge >= 0.3 is 0 Å². The van der Waals surface area contributed by atoms with E-state index in [-0.39, 0.29) is 24.8 Å². The van der Waals surface area contributed by atoms with Crippen LogP contribution in [0.4, 0.5) is 0 Å². The van der Waals surface area contributed by atoms with Crippen LogP contribution in [0.5, 0.6) is 0 Å². The monoisotopic (exact) mass is 324 g/mol. The van der Waals surface area contributed by atoms with Crippen LogP contribution < -0.4 is 5.32 Å². The number of likely N-dealkylation sites (tertiary alicyclic amines) is 1.